The van der Waals surface area contributed by atoms with E-state index >= 15 is 0 Å². The van der Waals surface area contributed by atoms with E-state index < -0.39 is 0 Å². The van der Waals surface area contributed by atoms with E-state index in [1.165, 1.54) is 18.4 Å². The zero-order valence-electron chi connectivity index (χ0n) is 14.4. The standard InChI is InChI=1S/C20H29NO2/c1-3-4-5-8-16-13-17(22)18(15-9-6-7-14(2)12-15)20(23)19(16)21-10-11-21/h12-13,15,22-23H,3-11H2,1-2H3. The molecule has 0 spiro atoms. The molecule has 1 aliphatic heterocycles. The van der Waals surface area contributed by atoms with Crippen LogP contribution in [0.3, 0.4) is 0 Å². The lowest BCUT2D eigenvalue weighted by Gasteiger charge is -2.24. The first-order chi connectivity index (χ1) is 11.1. The van der Waals surface area contributed by atoms with Crippen LogP contribution in [0, 0.1) is 0 Å². The van der Waals surface area contributed by atoms with Crippen molar-refractivity contribution in [3.63, 3.8) is 0 Å². The predicted octanol–water partition coefficient (Wildman–Crippen LogP) is 4.86. The van der Waals surface area contributed by atoms with Crippen LogP contribution in [-0.2, 0) is 6.42 Å². The van der Waals surface area contributed by atoms with Gasteiger partial charge in [0, 0.05) is 24.6 Å². The Morgan fingerprint density at radius 2 is 2.00 bits per heavy atom. The van der Waals surface area contributed by atoms with Gasteiger partial charge in [0.2, 0.25) is 0 Å². The number of aryl methyl sites for hydroxylation is 1. The summed E-state index contributed by atoms with van der Waals surface area (Å²) in [6, 6.07) is 1.91. The molecule has 1 aromatic carbocycles. The number of phenols is 2. The largest absolute Gasteiger partial charge is 0.507 e. The second kappa shape index (κ2) is 6.86. The molecule has 2 N–H and O–H groups in total. The number of nitrogens with zero attached hydrogens (tertiary/aromatic N) is 1. The van der Waals surface area contributed by atoms with Crippen molar-refractivity contribution < 1.29 is 10.2 Å². The second-order valence-electron chi connectivity index (χ2n) is 7.12. The van der Waals surface area contributed by atoms with Crippen LogP contribution in [0.2, 0.25) is 0 Å². The SMILES string of the molecule is CCCCCc1cc(O)c(C2C=C(C)CCC2)c(O)c1N1CC1. The van der Waals surface area contributed by atoms with E-state index in [1.807, 2.05) is 6.07 Å². The molecule has 1 saturated heterocycles. The summed E-state index contributed by atoms with van der Waals surface area (Å²) in [7, 11) is 0. The first-order valence-electron chi connectivity index (χ1n) is 9.11. The molecule has 1 atom stereocenters. The number of allylic oxidation sites excluding steroid dienone is 2. The van der Waals surface area contributed by atoms with E-state index in [9.17, 15) is 10.2 Å². The first-order valence-corrected chi connectivity index (χ1v) is 9.11. The molecule has 0 bridgehead atoms. The molecule has 1 aliphatic carbocycles. The number of aromatic hydroxyl groups is 2. The van der Waals surface area contributed by atoms with E-state index in [0.29, 0.717) is 5.75 Å². The summed E-state index contributed by atoms with van der Waals surface area (Å²) in [4.78, 5) is 2.22. The lowest BCUT2D eigenvalue weighted by Crippen LogP contribution is -2.06. The molecule has 3 nitrogen and oxygen atoms in total. The zero-order valence-corrected chi connectivity index (χ0v) is 14.4. The molecule has 1 aromatic rings. The Hall–Kier alpha value is -1.64. The fourth-order valence-electron chi connectivity index (χ4n) is 3.80. The molecule has 0 amide bonds. The van der Waals surface area contributed by atoms with Gasteiger partial charge in [-0.15, -0.1) is 0 Å². The van der Waals surface area contributed by atoms with Crippen LogP contribution in [0.15, 0.2) is 17.7 Å². The van der Waals surface area contributed by atoms with Crippen LogP contribution in [0.4, 0.5) is 5.69 Å². The fraction of sp³-hybridized carbons (Fsp3) is 0.600. The van der Waals surface area contributed by atoms with E-state index in [0.717, 1.165) is 62.0 Å². The van der Waals surface area contributed by atoms with Crippen molar-refractivity contribution in [1.82, 2.24) is 0 Å². The van der Waals surface area contributed by atoms with Gasteiger partial charge in [0.25, 0.3) is 0 Å². The topological polar surface area (TPSA) is 43.5 Å². The van der Waals surface area contributed by atoms with Gasteiger partial charge in [-0.2, -0.15) is 0 Å². The molecule has 23 heavy (non-hydrogen) atoms. The lowest BCUT2D eigenvalue weighted by atomic mass is 9.84. The average molecular weight is 315 g/mol. The van der Waals surface area contributed by atoms with E-state index in [4.69, 9.17) is 0 Å². The van der Waals surface area contributed by atoms with Crippen LogP contribution < -0.4 is 4.90 Å². The number of unbranched alkanes of at least 4 members (excludes halogenated alkanes) is 2. The molecule has 126 valence electrons. The lowest BCUT2D eigenvalue weighted by molar-refractivity contribution is 0.428. The van der Waals surface area contributed by atoms with Crippen molar-refractivity contribution in [2.75, 3.05) is 18.0 Å². The molecular formula is C20H29NO2. The van der Waals surface area contributed by atoms with Gasteiger partial charge >= 0.3 is 0 Å². The summed E-state index contributed by atoms with van der Waals surface area (Å²) < 4.78 is 0. The van der Waals surface area contributed by atoms with Gasteiger partial charge in [0.15, 0.2) is 0 Å². The third-order valence-corrected chi connectivity index (χ3v) is 5.13. The van der Waals surface area contributed by atoms with Crippen LogP contribution in [0.5, 0.6) is 11.5 Å². The first kappa shape index (κ1) is 16.2. The molecular weight excluding hydrogens is 286 g/mol. The van der Waals surface area contributed by atoms with Crippen molar-refractivity contribution in [3.8, 4) is 11.5 Å². The zero-order chi connectivity index (χ0) is 16.4. The minimum absolute atomic E-state index is 0.146. The molecule has 3 heteroatoms. The third-order valence-electron chi connectivity index (χ3n) is 5.13. The van der Waals surface area contributed by atoms with Crippen LogP contribution in [0.25, 0.3) is 0 Å². The summed E-state index contributed by atoms with van der Waals surface area (Å²) in [6.45, 7) is 6.36. The van der Waals surface area contributed by atoms with Gasteiger partial charge in [-0.05, 0) is 50.7 Å². The molecule has 1 fully saturated rings. The maximum Gasteiger partial charge on any atom is 0.146 e. The highest BCUT2D eigenvalue weighted by molar-refractivity contribution is 5.73. The minimum Gasteiger partial charge on any atom is -0.507 e. The summed E-state index contributed by atoms with van der Waals surface area (Å²) in [6.07, 6.45) is 9.90. The second-order valence-corrected chi connectivity index (χ2v) is 7.12. The molecule has 1 unspecified atom stereocenters. The summed E-state index contributed by atoms with van der Waals surface area (Å²) in [5.41, 5.74) is 4.18. The predicted molar refractivity (Wildman–Crippen MR) is 95.6 cm³/mol. The molecule has 3 rings (SSSR count). The Morgan fingerprint density at radius 3 is 2.65 bits per heavy atom. The Morgan fingerprint density at radius 1 is 1.22 bits per heavy atom. The Kier molecular flexibility index (Phi) is 4.84. The average Bonchev–Trinajstić information content (AvgIpc) is 3.32. The number of anilines is 1. The van der Waals surface area contributed by atoms with E-state index in [-0.39, 0.29) is 11.7 Å². The number of benzene rings is 1. The Bertz CT molecular complexity index is 602. The Labute approximate surface area is 139 Å². The summed E-state index contributed by atoms with van der Waals surface area (Å²) in [5, 5.41) is 21.5. The highest BCUT2D eigenvalue weighted by Crippen LogP contribution is 2.48. The maximum absolute atomic E-state index is 10.9. The number of phenolic OH excluding ortho intramolecular Hbond substituents is 2. The highest BCUT2D eigenvalue weighted by Gasteiger charge is 2.30. The van der Waals surface area contributed by atoms with Crippen molar-refractivity contribution in [3.05, 3.63) is 28.8 Å². The van der Waals surface area contributed by atoms with Crippen LogP contribution >= 0.6 is 0 Å². The van der Waals surface area contributed by atoms with Crippen LogP contribution in [0.1, 0.15) is 69.4 Å². The number of hydrogen-bond donors (Lipinski definition) is 2. The number of hydrogen-bond acceptors (Lipinski definition) is 3. The van der Waals surface area contributed by atoms with Crippen LogP contribution in [-0.4, -0.2) is 23.3 Å². The van der Waals surface area contributed by atoms with Crippen molar-refractivity contribution in [1.29, 1.82) is 0 Å². The molecule has 2 aliphatic rings. The van der Waals surface area contributed by atoms with Gasteiger partial charge in [-0.25, -0.2) is 0 Å². The van der Waals surface area contributed by atoms with E-state index in [1.54, 1.807) is 0 Å². The fourth-order valence-corrected chi connectivity index (χ4v) is 3.80. The molecule has 0 saturated carbocycles. The third kappa shape index (κ3) is 3.49. The summed E-state index contributed by atoms with van der Waals surface area (Å²) in [5.74, 6) is 0.743. The van der Waals surface area contributed by atoms with Gasteiger partial charge in [0.05, 0.1) is 5.69 Å². The van der Waals surface area contributed by atoms with Gasteiger partial charge in [-0.1, -0.05) is 31.4 Å². The normalized spacial score (nSPS) is 20.5. The maximum atomic E-state index is 10.9. The smallest absolute Gasteiger partial charge is 0.146 e. The van der Waals surface area contributed by atoms with Gasteiger partial charge < -0.3 is 15.1 Å². The van der Waals surface area contributed by atoms with Gasteiger partial charge in [-0.3, -0.25) is 0 Å². The minimum atomic E-state index is 0.146. The van der Waals surface area contributed by atoms with E-state index in [2.05, 4.69) is 24.8 Å². The quantitative estimate of drug-likeness (QED) is 0.447. The number of rotatable bonds is 6. The monoisotopic (exact) mass is 315 g/mol. The highest BCUT2D eigenvalue weighted by atomic mass is 16.3. The molecule has 0 aromatic heterocycles. The van der Waals surface area contributed by atoms with Gasteiger partial charge in [0.1, 0.15) is 11.5 Å². The molecule has 1 heterocycles. The Balaban J connectivity index is 1.97. The van der Waals surface area contributed by atoms with Crippen molar-refractivity contribution in [2.24, 2.45) is 0 Å². The van der Waals surface area contributed by atoms with Crippen molar-refractivity contribution in [2.45, 2.75) is 64.7 Å². The summed E-state index contributed by atoms with van der Waals surface area (Å²) >= 11 is 0. The van der Waals surface area contributed by atoms with Crippen molar-refractivity contribution >= 4 is 5.69 Å². The molecule has 0 radical (unpaired) electrons.